The van der Waals surface area contributed by atoms with Crippen molar-refractivity contribution in [1.29, 1.82) is 0 Å². The van der Waals surface area contributed by atoms with Crippen LogP contribution in [0.2, 0.25) is 10.0 Å². The van der Waals surface area contributed by atoms with Crippen LogP contribution in [-0.4, -0.2) is 16.0 Å². The van der Waals surface area contributed by atoms with Gasteiger partial charge >= 0.3 is 0 Å². The van der Waals surface area contributed by atoms with Gasteiger partial charge in [0, 0.05) is 16.8 Å². The molecule has 0 aliphatic carbocycles. The summed E-state index contributed by atoms with van der Waals surface area (Å²) in [5, 5.41) is 12.6. The molecule has 0 saturated carbocycles. The predicted molar refractivity (Wildman–Crippen MR) is 77.5 cm³/mol. The third-order valence-corrected chi connectivity index (χ3v) is 3.05. The van der Waals surface area contributed by atoms with Crippen molar-refractivity contribution in [3.05, 3.63) is 57.8 Å². The number of benzene rings is 1. The van der Waals surface area contributed by atoms with Crippen LogP contribution in [0.3, 0.4) is 0 Å². The van der Waals surface area contributed by atoms with Crippen molar-refractivity contribution in [3.8, 4) is 5.75 Å². The van der Waals surface area contributed by atoms with Crippen molar-refractivity contribution in [2.75, 3.05) is 0 Å². The molecule has 7 heteroatoms. The van der Waals surface area contributed by atoms with Gasteiger partial charge < -0.3 is 15.7 Å². The van der Waals surface area contributed by atoms with Gasteiger partial charge in [-0.3, -0.25) is 4.98 Å². The minimum atomic E-state index is -0.0774. The molecule has 0 saturated heterocycles. The Hall–Kier alpha value is -1.98. The maximum absolute atomic E-state index is 8.72. The largest absolute Gasteiger partial charge is 0.487 e. The first-order valence-corrected chi connectivity index (χ1v) is 6.37. The molecule has 0 unspecified atom stereocenters. The first-order chi connectivity index (χ1) is 9.61. The number of hydrogen-bond donors (Lipinski definition) is 2. The Balaban J connectivity index is 2.19. The van der Waals surface area contributed by atoms with Gasteiger partial charge in [0.2, 0.25) is 0 Å². The number of nitrogens with two attached hydrogens (primary N) is 1. The monoisotopic (exact) mass is 311 g/mol. The molecule has 2 rings (SSSR count). The molecule has 104 valence electrons. The SMILES string of the molecule is NC(=NO)c1ncccc1COc1ccc(Cl)cc1Cl. The normalized spacial score (nSPS) is 11.4. The Bertz CT molecular complexity index is 647. The summed E-state index contributed by atoms with van der Waals surface area (Å²) in [4.78, 5) is 4.05. The molecule has 0 bridgehead atoms. The number of ether oxygens (including phenoxy) is 1. The van der Waals surface area contributed by atoms with Crippen LogP contribution in [0.4, 0.5) is 0 Å². The highest BCUT2D eigenvalue weighted by Gasteiger charge is 2.10. The maximum atomic E-state index is 8.72. The Morgan fingerprint density at radius 2 is 2.15 bits per heavy atom. The van der Waals surface area contributed by atoms with E-state index in [1.165, 1.54) is 0 Å². The van der Waals surface area contributed by atoms with Crippen LogP contribution >= 0.6 is 23.2 Å². The molecular formula is C13H11Cl2N3O2. The molecule has 0 fully saturated rings. The number of nitrogens with zero attached hydrogens (tertiary/aromatic N) is 2. The van der Waals surface area contributed by atoms with Gasteiger partial charge in [-0.2, -0.15) is 0 Å². The van der Waals surface area contributed by atoms with E-state index in [-0.39, 0.29) is 12.4 Å². The lowest BCUT2D eigenvalue weighted by Gasteiger charge is -2.10. The van der Waals surface area contributed by atoms with Gasteiger partial charge in [0.05, 0.1) is 5.02 Å². The highest BCUT2D eigenvalue weighted by Crippen LogP contribution is 2.28. The number of aromatic nitrogens is 1. The Kier molecular flexibility index (Phi) is 4.65. The number of rotatable bonds is 4. The third kappa shape index (κ3) is 3.31. The zero-order valence-corrected chi connectivity index (χ0v) is 11.8. The van der Waals surface area contributed by atoms with E-state index >= 15 is 0 Å². The summed E-state index contributed by atoms with van der Waals surface area (Å²) in [6.45, 7) is 0.181. The molecule has 2 aromatic rings. The van der Waals surface area contributed by atoms with Crippen LogP contribution < -0.4 is 10.5 Å². The first-order valence-electron chi connectivity index (χ1n) is 5.61. The smallest absolute Gasteiger partial charge is 0.189 e. The molecular weight excluding hydrogens is 301 g/mol. The lowest BCUT2D eigenvalue weighted by molar-refractivity contribution is 0.304. The van der Waals surface area contributed by atoms with Crippen molar-refractivity contribution in [2.45, 2.75) is 6.61 Å². The Morgan fingerprint density at radius 3 is 2.85 bits per heavy atom. The quantitative estimate of drug-likeness (QED) is 0.393. The molecule has 20 heavy (non-hydrogen) atoms. The molecule has 1 aromatic heterocycles. The summed E-state index contributed by atoms with van der Waals surface area (Å²) < 4.78 is 5.59. The molecule has 0 spiro atoms. The second kappa shape index (κ2) is 6.45. The number of oxime groups is 1. The summed E-state index contributed by atoms with van der Waals surface area (Å²) in [6.07, 6.45) is 1.55. The van der Waals surface area contributed by atoms with E-state index in [0.717, 1.165) is 0 Å². The van der Waals surface area contributed by atoms with E-state index in [1.54, 1.807) is 36.5 Å². The number of pyridine rings is 1. The zero-order chi connectivity index (χ0) is 14.5. The summed E-state index contributed by atoms with van der Waals surface area (Å²) in [5.41, 5.74) is 6.59. The Morgan fingerprint density at radius 1 is 1.35 bits per heavy atom. The molecule has 3 N–H and O–H groups in total. The van der Waals surface area contributed by atoms with Crippen LogP contribution in [0, 0.1) is 0 Å². The fourth-order valence-electron chi connectivity index (χ4n) is 1.58. The molecule has 0 aliphatic heterocycles. The lowest BCUT2D eigenvalue weighted by atomic mass is 10.2. The predicted octanol–water partition coefficient (Wildman–Crippen LogP) is 3.06. The van der Waals surface area contributed by atoms with Crippen molar-refractivity contribution >= 4 is 29.0 Å². The Labute approximate surface area is 125 Å². The highest BCUT2D eigenvalue weighted by atomic mass is 35.5. The van der Waals surface area contributed by atoms with E-state index in [1.807, 2.05) is 0 Å². The minimum Gasteiger partial charge on any atom is -0.487 e. The highest BCUT2D eigenvalue weighted by molar-refractivity contribution is 6.35. The average molecular weight is 312 g/mol. The topological polar surface area (TPSA) is 80.7 Å². The maximum Gasteiger partial charge on any atom is 0.189 e. The van der Waals surface area contributed by atoms with Crippen LogP contribution in [0.1, 0.15) is 11.3 Å². The van der Waals surface area contributed by atoms with Gasteiger partial charge in [-0.05, 0) is 24.3 Å². The first kappa shape index (κ1) is 14.4. The van der Waals surface area contributed by atoms with E-state index < -0.39 is 0 Å². The number of amidine groups is 1. The second-order valence-electron chi connectivity index (χ2n) is 3.86. The van der Waals surface area contributed by atoms with Crippen LogP contribution in [0.25, 0.3) is 0 Å². The van der Waals surface area contributed by atoms with Gasteiger partial charge in [0.1, 0.15) is 18.1 Å². The molecule has 0 radical (unpaired) electrons. The van der Waals surface area contributed by atoms with Crippen molar-refractivity contribution < 1.29 is 9.94 Å². The second-order valence-corrected chi connectivity index (χ2v) is 4.70. The number of hydrogen-bond acceptors (Lipinski definition) is 4. The lowest BCUT2D eigenvalue weighted by Crippen LogP contribution is -2.18. The van der Waals surface area contributed by atoms with Crippen LogP contribution in [0.15, 0.2) is 41.7 Å². The standard InChI is InChI=1S/C13H11Cl2N3O2/c14-9-3-4-11(10(15)6-9)20-7-8-2-1-5-17-12(8)13(16)18-19/h1-6,19H,7H2,(H2,16,18). The third-order valence-electron chi connectivity index (χ3n) is 2.52. The van der Waals surface area contributed by atoms with Crippen molar-refractivity contribution in [3.63, 3.8) is 0 Å². The summed E-state index contributed by atoms with van der Waals surface area (Å²) in [5.74, 6) is 0.414. The minimum absolute atomic E-state index is 0.0774. The van der Waals surface area contributed by atoms with Gasteiger partial charge in [0.25, 0.3) is 0 Å². The van der Waals surface area contributed by atoms with Gasteiger partial charge in [-0.1, -0.05) is 34.4 Å². The molecule has 0 amide bonds. The van der Waals surface area contributed by atoms with E-state index in [9.17, 15) is 0 Å². The fraction of sp³-hybridized carbons (Fsp3) is 0.0769. The van der Waals surface area contributed by atoms with Crippen LogP contribution in [-0.2, 0) is 6.61 Å². The van der Waals surface area contributed by atoms with Gasteiger partial charge in [0.15, 0.2) is 5.84 Å². The molecule has 1 heterocycles. The molecule has 0 atom stereocenters. The van der Waals surface area contributed by atoms with Crippen molar-refractivity contribution in [1.82, 2.24) is 4.98 Å². The summed E-state index contributed by atoms with van der Waals surface area (Å²) in [7, 11) is 0. The molecule has 5 nitrogen and oxygen atoms in total. The van der Waals surface area contributed by atoms with Gasteiger partial charge in [-0.15, -0.1) is 0 Å². The molecule has 0 aliphatic rings. The number of halogens is 2. The van der Waals surface area contributed by atoms with E-state index in [2.05, 4.69) is 10.1 Å². The summed E-state index contributed by atoms with van der Waals surface area (Å²) >= 11 is 11.8. The van der Waals surface area contributed by atoms with Crippen molar-refractivity contribution in [2.24, 2.45) is 10.9 Å². The average Bonchev–Trinajstić information content (AvgIpc) is 2.46. The zero-order valence-electron chi connectivity index (χ0n) is 10.3. The van der Waals surface area contributed by atoms with E-state index in [0.29, 0.717) is 27.1 Å². The molecule has 1 aromatic carbocycles. The van der Waals surface area contributed by atoms with Crippen LogP contribution in [0.5, 0.6) is 5.75 Å². The van der Waals surface area contributed by atoms with E-state index in [4.69, 9.17) is 38.9 Å². The fourth-order valence-corrected chi connectivity index (χ4v) is 2.04. The van der Waals surface area contributed by atoms with Gasteiger partial charge in [-0.25, -0.2) is 0 Å². The summed E-state index contributed by atoms with van der Waals surface area (Å²) in [6, 6.07) is 8.44.